The monoisotopic (exact) mass is 256 g/mol. The Kier molecular flexibility index (Phi) is 9.91. The third kappa shape index (κ3) is 9.46. The van der Waals surface area contributed by atoms with E-state index >= 15 is 0 Å². The van der Waals surface area contributed by atoms with Gasteiger partial charge in [-0.25, -0.2) is 0 Å². The van der Waals surface area contributed by atoms with Crippen molar-refractivity contribution in [1.82, 2.24) is 0 Å². The smallest absolute Gasteiger partial charge is 0.305 e. The van der Waals surface area contributed by atoms with Gasteiger partial charge in [0.1, 0.15) is 0 Å². The standard InChI is InChI=1S/C15H28O3/c16-15-11-7-3-6-9-13-17-12-8-4-1-2-5-10-14-18-15/h1-14H2. The molecule has 1 aliphatic rings. The minimum atomic E-state index is -0.0180. The van der Waals surface area contributed by atoms with Crippen LogP contribution < -0.4 is 0 Å². The number of rotatable bonds is 0. The molecule has 0 aromatic rings. The Morgan fingerprint density at radius 2 is 1.11 bits per heavy atom. The molecule has 3 heteroatoms. The molecule has 0 N–H and O–H groups in total. The van der Waals surface area contributed by atoms with E-state index in [4.69, 9.17) is 9.47 Å². The van der Waals surface area contributed by atoms with Gasteiger partial charge in [-0.05, 0) is 25.7 Å². The SMILES string of the molecule is O=C1CCCCCCOCCCCCCCCO1. The molecular weight excluding hydrogens is 228 g/mol. The third-order valence-electron chi connectivity index (χ3n) is 3.37. The second-order valence-electron chi connectivity index (χ2n) is 5.12. The Balaban J connectivity index is 2.11. The fourth-order valence-electron chi connectivity index (χ4n) is 2.20. The third-order valence-corrected chi connectivity index (χ3v) is 3.37. The molecule has 0 spiro atoms. The summed E-state index contributed by atoms with van der Waals surface area (Å²) < 4.78 is 10.8. The Morgan fingerprint density at radius 3 is 1.78 bits per heavy atom. The van der Waals surface area contributed by atoms with Crippen LogP contribution in [-0.4, -0.2) is 25.8 Å². The molecule has 0 aromatic carbocycles. The van der Waals surface area contributed by atoms with E-state index in [0.717, 1.165) is 45.3 Å². The molecule has 0 unspecified atom stereocenters. The normalized spacial score (nSPS) is 23.0. The molecule has 0 radical (unpaired) electrons. The summed E-state index contributed by atoms with van der Waals surface area (Å²) in [6.45, 7) is 2.41. The van der Waals surface area contributed by atoms with Gasteiger partial charge in [-0.15, -0.1) is 0 Å². The summed E-state index contributed by atoms with van der Waals surface area (Å²) >= 11 is 0. The zero-order chi connectivity index (χ0) is 12.9. The van der Waals surface area contributed by atoms with Crippen LogP contribution >= 0.6 is 0 Å². The van der Waals surface area contributed by atoms with E-state index in [0.29, 0.717) is 13.0 Å². The predicted octanol–water partition coefficient (Wildman–Crippen LogP) is 3.85. The van der Waals surface area contributed by atoms with Crippen molar-refractivity contribution in [2.24, 2.45) is 0 Å². The van der Waals surface area contributed by atoms with Gasteiger partial charge in [-0.3, -0.25) is 4.79 Å². The van der Waals surface area contributed by atoms with Crippen molar-refractivity contribution in [3.05, 3.63) is 0 Å². The molecule has 1 rings (SSSR count). The Labute approximate surface area is 111 Å². The maximum absolute atomic E-state index is 11.4. The molecule has 0 aliphatic carbocycles. The summed E-state index contributed by atoms with van der Waals surface area (Å²) in [5, 5.41) is 0. The number of hydrogen-bond donors (Lipinski definition) is 0. The van der Waals surface area contributed by atoms with E-state index in [1.54, 1.807) is 0 Å². The molecule has 0 aromatic heterocycles. The van der Waals surface area contributed by atoms with E-state index in [2.05, 4.69) is 0 Å². The van der Waals surface area contributed by atoms with E-state index in [9.17, 15) is 4.79 Å². The maximum atomic E-state index is 11.4. The van der Waals surface area contributed by atoms with E-state index in [-0.39, 0.29) is 5.97 Å². The lowest BCUT2D eigenvalue weighted by molar-refractivity contribution is -0.143. The van der Waals surface area contributed by atoms with Gasteiger partial charge < -0.3 is 9.47 Å². The van der Waals surface area contributed by atoms with Crippen LogP contribution in [0.4, 0.5) is 0 Å². The summed E-state index contributed by atoms with van der Waals surface area (Å²) in [5.41, 5.74) is 0. The lowest BCUT2D eigenvalue weighted by Crippen LogP contribution is -2.05. The van der Waals surface area contributed by atoms with Crippen LogP contribution in [0.15, 0.2) is 0 Å². The largest absolute Gasteiger partial charge is 0.466 e. The minimum absolute atomic E-state index is 0.0180. The molecule has 1 heterocycles. The molecule has 1 fully saturated rings. The average molecular weight is 256 g/mol. The Bertz CT molecular complexity index is 184. The second kappa shape index (κ2) is 11.5. The van der Waals surface area contributed by atoms with Crippen molar-refractivity contribution in [3.63, 3.8) is 0 Å². The molecular formula is C15H28O3. The molecule has 0 bridgehead atoms. The topological polar surface area (TPSA) is 35.5 Å². The first-order valence-electron chi connectivity index (χ1n) is 7.63. The van der Waals surface area contributed by atoms with Crippen molar-refractivity contribution < 1.29 is 14.3 Å². The zero-order valence-corrected chi connectivity index (χ0v) is 11.6. The van der Waals surface area contributed by atoms with Gasteiger partial charge in [0.15, 0.2) is 0 Å². The van der Waals surface area contributed by atoms with Crippen LogP contribution in [0.5, 0.6) is 0 Å². The number of hydrogen-bond acceptors (Lipinski definition) is 3. The number of carbonyl (C=O) groups is 1. The first-order chi connectivity index (χ1) is 8.89. The Hall–Kier alpha value is -0.570. The molecule has 1 saturated heterocycles. The highest BCUT2D eigenvalue weighted by molar-refractivity contribution is 5.69. The number of esters is 1. The number of ether oxygens (including phenoxy) is 2. The van der Waals surface area contributed by atoms with Crippen molar-refractivity contribution in [1.29, 1.82) is 0 Å². The summed E-state index contributed by atoms with van der Waals surface area (Å²) in [5.74, 6) is -0.0180. The lowest BCUT2D eigenvalue weighted by Gasteiger charge is -2.04. The van der Waals surface area contributed by atoms with Crippen molar-refractivity contribution in [2.45, 2.75) is 70.6 Å². The first kappa shape index (κ1) is 15.5. The molecule has 0 amide bonds. The average Bonchev–Trinajstić information content (AvgIpc) is 2.37. The minimum Gasteiger partial charge on any atom is -0.466 e. The fourth-order valence-corrected chi connectivity index (χ4v) is 2.20. The van der Waals surface area contributed by atoms with Crippen molar-refractivity contribution in [2.75, 3.05) is 19.8 Å². The van der Waals surface area contributed by atoms with Crippen LogP contribution in [0.25, 0.3) is 0 Å². The van der Waals surface area contributed by atoms with Gasteiger partial charge in [0.25, 0.3) is 0 Å². The van der Waals surface area contributed by atoms with E-state index < -0.39 is 0 Å². The van der Waals surface area contributed by atoms with Crippen molar-refractivity contribution in [3.8, 4) is 0 Å². The van der Waals surface area contributed by atoms with E-state index in [1.165, 1.54) is 32.1 Å². The van der Waals surface area contributed by atoms with Gasteiger partial charge >= 0.3 is 5.97 Å². The summed E-state index contributed by atoms with van der Waals surface area (Å²) in [6, 6.07) is 0. The van der Waals surface area contributed by atoms with E-state index in [1.807, 2.05) is 0 Å². The van der Waals surface area contributed by atoms with Crippen LogP contribution in [0.2, 0.25) is 0 Å². The zero-order valence-electron chi connectivity index (χ0n) is 11.6. The van der Waals surface area contributed by atoms with Crippen LogP contribution in [0.1, 0.15) is 70.6 Å². The first-order valence-corrected chi connectivity index (χ1v) is 7.63. The molecule has 3 nitrogen and oxygen atoms in total. The number of carbonyl (C=O) groups excluding carboxylic acids is 1. The van der Waals surface area contributed by atoms with Crippen LogP contribution in [0.3, 0.4) is 0 Å². The van der Waals surface area contributed by atoms with Gasteiger partial charge in [0.05, 0.1) is 6.61 Å². The highest BCUT2D eigenvalue weighted by atomic mass is 16.5. The molecule has 18 heavy (non-hydrogen) atoms. The van der Waals surface area contributed by atoms with Gasteiger partial charge in [0, 0.05) is 19.6 Å². The number of cyclic esters (lactones) is 1. The van der Waals surface area contributed by atoms with Gasteiger partial charge in [-0.1, -0.05) is 38.5 Å². The maximum Gasteiger partial charge on any atom is 0.305 e. The highest BCUT2D eigenvalue weighted by Crippen LogP contribution is 2.08. The fraction of sp³-hybridized carbons (Fsp3) is 0.933. The Morgan fingerprint density at radius 1 is 0.611 bits per heavy atom. The molecule has 1 aliphatic heterocycles. The quantitative estimate of drug-likeness (QED) is 0.617. The van der Waals surface area contributed by atoms with Crippen LogP contribution in [-0.2, 0) is 14.3 Å². The molecule has 106 valence electrons. The summed E-state index contributed by atoms with van der Waals surface area (Å²) in [4.78, 5) is 11.4. The summed E-state index contributed by atoms with van der Waals surface area (Å²) in [6.07, 6.45) is 12.1. The predicted molar refractivity (Wildman–Crippen MR) is 72.6 cm³/mol. The van der Waals surface area contributed by atoms with Gasteiger partial charge in [-0.2, -0.15) is 0 Å². The van der Waals surface area contributed by atoms with Crippen molar-refractivity contribution >= 4 is 5.97 Å². The second-order valence-corrected chi connectivity index (χ2v) is 5.12. The lowest BCUT2D eigenvalue weighted by atomic mass is 10.1. The molecule has 0 saturated carbocycles. The summed E-state index contributed by atoms with van der Waals surface area (Å²) in [7, 11) is 0. The van der Waals surface area contributed by atoms with Gasteiger partial charge in [0.2, 0.25) is 0 Å². The highest BCUT2D eigenvalue weighted by Gasteiger charge is 2.02. The van der Waals surface area contributed by atoms with Crippen LogP contribution in [0, 0.1) is 0 Å². The molecule has 0 atom stereocenters.